The van der Waals surface area contributed by atoms with Gasteiger partial charge in [0.2, 0.25) is 0 Å². The maximum Gasteiger partial charge on any atom is 0.0999 e. The minimum absolute atomic E-state index is 0.589. The van der Waals surface area contributed by atoms with E-state index < -0.39 is 0 Å². The van der Waals surface area contributed by atoms with Crippen LogP contribution in [0.1, 0.15) is 11.1 Å². The lowest BCUT2D eigenvalue weighted by Crippen LogP contribution is -1.93. The van der Waals surface area contributed by atoms with E-state index in [1.165, 1.54) is 0 Å². The summed E-state index contributed by atoms with van der Waals surface area (Å²) in [4.78, 5) is 8.65. The molecular weight excluding hydrogens is 585 g/mol. The summed E-state index contributed by atoms with van der Waals surface area (Å²) >= 11 is 0. The highest BCUT2D eigenvalue weighted by atomic mass is 14.6. The second-order valence-electron chi connectivity index (χ2n) is 11.6. The van der Waals surface area contributed by atoms with Gasteiger partial charge in [-0.05, 0) is 96.4 Å². The van der Waals surface area contributed by atoms with Gasteiger partial charge in [-0.2, -0.15) is 10.5 Å². The summed E-state index contributed by atoms with van der Waals surface area (Å²) in [5.41, 5.74) is 11.3. The Hall–Kier alpha value is -6.88. The number of nitriles is 2. The number of aromatic nitrogens is 2. The van der Waals surface area contributed by atoms with Crippen LogP contribution in [0.2, 0.25) is 0 Å². The molecule has 0 spiro atoms. The number of benzene rings is 6. The van der Waals surface area contributed by atoms with Gasteiger partial charge in [-0.15, -0.1) is 0 Å². The zero-order valence-corrected chi connectivity index (χ0v) is 25.8. The molecule has 0 atom stereocenters. The van der Waals surface area contributed by atoms with Crippen LogP contribution in [0, 0.1) is 22.7 Å². The molecule has 222 valence electrons. The zero-order valence-electron chi connectivity index (χ0n) is 25.8. The molecule has 0 fully saturated rings. The van der Waals surface area contributed by atoms with Gasteiger partial charge in [0.1, 0.15) is 0 Å². The molecule has 4 nitrogen and oxygen atoms in total. The Morgan fingerprint density at radius 1 is 0.375 bits per heavy atom. The molecule has 6 aromatic carbocycles. The Kier molecular flexibility index (Phi) is 7.23. The number of hydrogen-bond acceptors (Lipinski definition) is 4. The van der Waals surface area contributed by atoms with E-state index in [-0.39, 0.29) is 0 Å². The van der Waals surface area contributed by atoms with Crippen LogP contribution in [0.25, 0.3) is 77.2 Å². The lowest BCUT2D eigenvalue weighted by Gasteiger charge is -2.19. The quantitative estimate of drug-likeness (QED) is 0.182. The highest BCUT2D eigenvalue weighted by Gasteiger charge is 2.19. The zero-order chi connectivity index (χ0) is 32.5. The summed E-state index contributed by atoms with van der Waals surface area (Å²) in [6, 6.07) is 50.7. The average Bonchev–Trinajstić information content (AvgIpc) is 3.17. The number of fused-ring (bicyclic) bond motifs is 2. The second-order valence-corrected chi connectivity index (χ2v) is 11.6. The van der Waals surface area contributed by atoms with Crippen LogP contribution in [0.15, 0.2) is 158 Å². The molecule has 8 aromatic rings. The first-order valence-corrected chi connectivity index (χ1v) is 15.7. The molecule has 0 saturated carbocycles. The van der Waals surface area contributed by atoms with Gasteiger partial charge < -0.3 is 0 Å². The van der Waals surface area contributed by atoms with Crippen LogP contribution in [-0.2, 0) is 0 Å². The number of nitrogens with zero attached hydrogens (tertiary/aromatic N) is 4. The highest BCUT2D eigenvalue weighted by Crippen LogP contribution is 2.46. The molecular formula is C44H26N4. The maximum atomic E-state index is 9.85. The van der Waals surface area contributed by atoms with Crippen LogP contribution < -0.4 is 0 Å². The summed E-state index contributed by atoms with van der Waals surface area (Å²) < 4.78 is 0. The predicted molar refractivity (Wildman–Crippen MR) is 194 cm³/mol. The molecule has 0 aliphatic carbocycles. The van der Waals surface area contributed by atoms with Crippen LogP contribution in [-0.4, -0.2) is 9.97 Å². The summed E-state index contributed by atoms with van der Waals surface area (Å²) in [6.07, 6.45) is 6.83. The summed E-state index contributed by atoms with van der Waals surface area (Å²) in [7, 11) is 0. The van der Waals surface area contributed by atoms with Crippen molar-refractivity contribution in [3.05, 3.63) is 169 Å². The van der Waals surface area contributed by atoms with Gasteiger partial charge in [-0.1, -0.05) is 103 Å². The summed E-state index contributed by atoms with van der Waals surface area (Å²) in [6.45, 7) is 0. The average molecular weight is 611 g/mol. The first-order chi connectivity index (χ1) is 23.7. The fourth-order valence-electron chi connectivity index (χ4n) is 6.74. The second kappa shape index (κ2) is 12.1. The van der Waals surface area contributed by atoms with Crippen molar-refractivity contribution in [1.29, 1.82) is 10.5 Å². The Morgan fingerprint density at radius 2 is 0.854 bits per heavy atom. The molecule has 0 N–H and O–H groups in total. The molecule has 0 aliphatic rings. The molecule has 0 amide bonds. The standard InChI is InChI=1S/C44H26N4/c45-25-35-18-20-47-27-41(35)31-10-6-12-33(22-31)43-37-14-4-5-15-38(37)44(40-24-30(16-17-39(40)43)29-8-2-1-3-9-29)34-13-7-11-32(23-34)42-28-48-21-19-36(42)26-46/h1-24,27-28H. The molecule has 4 heteroatoms. The van der Waals surface area contributed by atoms with Crippen molar-refractivity contribution in [3.63, 3.8) is 0 Å². The highest BCUT2D eigenvalue weighted by molar-refractivity contribution is 6.22. The van der Waals surface area contributed by atoms with Crippen LogP contribution in [0.4, 0.5) is 0 Å². The number of pyridine rings is 2. The normalized spacial score (nSPS) is 10.9. The van der Waals surface area contributed by atoms with E-state index in [4.69, 9.17) is 0 Å². The smallest absolute Gasteiger partial charge is 0.0999 e. The third-order valence-electron chi connectivity index (χ3n) is 8.94. The van der Waals surface area contributed by atoms with Crippen molar-refractivity contribution in [2.75, 3.05) is 0 Å². The van der Waals surface area contributed by atoms with Crippen molar-refractivity contribution in [1.82, 2.24) is 9.97 Å². The van der Waals surface area contributed by atoms with E-state index in [0.717, 1.165) is 77.2 Å². The molecule has 0 radical (unpaired) electrons. The first-order valence-electron chi connectivity index (χ1n) is 15.7. The van der Waals surface area contributed by atoms with Crippen molar-refractivity contribution >= 4 is 21.5 Å². The molecule has 2 heterocycles. The van der Waals surface area contributed by atoms with Gasteiger partial charge in [0.25, 0.3) is 0 Å². The van der Waals surface area contributed by atoms with E-state index in [0.29, 0.717) is 11.1 Å². The Labute approximate surface area is 278 Å². The third-order valence-corrected chi connectivity index (χ3v) is 8.94. The Bertz CT molecular complexity index is 2590. The minimum Gasteiger partial charge on any atom is -0.264 e. The van der Waals surface area contributed by atoms with Crippen molar-refractivity contribution in [3.8, 4) is 67.8 Å². The van der Waals surface area contributed by atoms with E-state index in [2.05, 4.69) is 125 Å². The van der Waals surface area contributed by atoms with E-state index >= 15 is 0 Å². The molecule has 2 aromatic heterocycles. The third kappa shape index (κ3) is 4.95. The monoisotopic (exact) mass is 610 g/mol. The minimum atomic E-state index is 0.589. The topological polar surface area (TPSA) is 73.4 Å². The first kappa shape index (κ1) is 28.6. The molecule has 0 bridgehead atoms. The Morgan fingerprint density at radius 3 is 1.42 bits per heavy atom. The largest absolute Gasteiger partial charge is 0.264 e. The molecule has 0 saturated heterocycles. The molecule has 8 rings (SSSR count). The van der Waals surface area contributed by atoms with Gasteiger partial charge in [-0.25, -0.2) is 0 Å². The van der Waals surface area contributed by atoms with Gasteiger partial charge >= 0.3 is 0 Å². The van der Waals surface area contributed by atoms with Gasteiger partial charge in [0.05, 0.1) is 23.3 Å². The Balaban J connectivity index is 1.44. The predicted octanol–water partition coefficient (Wildman–Crippen LogP) is 10.9. The van der Waals surface area contributed by atoms with Gasteiger partial charge in [0.15, 0.2) is 0 Å². The van der Waals surface area contributed by atoms with Crippen LogP contribution in [0.3, 0.4) is 0 Å². The number of rotatable bonds is 5. The number of hydrogen-bond donors (Lipinski definition) is 0. The lowest BCUT2D eigenvalue weighted by molar-refractivity contribution is 1.31. The molecule has 48 heavy (non-hydrogen) atoms. The van der Waals surface area contributed by atoms with E-state index in [1.807, 2.05) is 18.2 Å². The fraction of sp³-hybridized carbons (Fsp3) is 0. The molecule has 0 aliphatic heterocycles. The van der Waals surface area contributed by atoms with Crippen LogP contribution >= 0.6 is 0 Å². The van der Waals surface area contributed by atoms with Crippen molar-refractivity contribution in [2.45, 2.75) is 0 Å². The van der Waals surface area contributed by atoms with Crippen LogP contribution in [0.5, 0.6) is 0 Å². The summed E-state index contributed by atoms with van der Waals surface area (Å²) in [5.74, 6) is 0. The van der Waals surface area contributed by atoms with Gasteiger partial charge in [0, 0.05) is 35.9 Å². The molecule has 0 unspecified atom stereocenters. The fourth-order valence-corrected chi connectivity index (χ4v) is 6.74. The lowest BCUT2D eigenvalue weighted by atomic mass is 9.84. The summed E-state index contributed by atoms with van der Waals surface area (Å²) in [5, 5.41) is 24.2. The van der Waals surface area contributed by atoms with Crippen molar-refractivity contribution in [2.24, 2.45) is 0 Å². The SMILES string of the molecule is N#Cc1ccncc1-c1cccc(-c2c3ccccc3c(-c3cccc(-c4cnccc4C#N)c3)c3cc(-c4ccccc4)ccc23)c1. The van der Waals surface area contributed by atoms with Gasteiger partial charge in [-0.3, -0.25) is 9.97 Å². The maximum absolute atomic E-state index is 9.85. The van der Waals surface area contributed by atoms with E-state index in [1.54, 1.807) is 36.9 Å². The van der Waals surface area contributed by atoms with Crippen molar-refractivity contribution < 1.29 is 0 Å². The van der Waals surface area contributed by atoms with E-state index in [9.17, 15) is 10.5 Å².